The largest absolute Gasteiger partial charge is 0.461 e. The maximum Gasteiger partial charge on any atom is 0.358 e. The first-order valence-corrected chi connectivity index (χ1v) is 5.16. The van der Waals surface area contributed by atoms with Gasteiger partial charge >= 0.3 is 5.97 Å². The molecule has 0 aliphatic carbocycles. The van der Waals surface area contributed by atoms with Gasteiger partial charge in [0.1, 0.15) is 0 Å². The van der Waals surface area contributed by atoms with Gasteiger partial charge in [-0.2, -0.15) is 0 Å². The Morgan fingerprint density at radius 1 is 1.41 bits per heavy atom. The van der Waals surface area contributed by atoms with Gasteiger partial charge in [-0.25, -0.2) is 9.48 Å². The molecule has 0 bridgehead atoms. The predicted octanol–water partition coefficient (Wildman–Crippen LogP) is 1.03. The van der Waals surface area contributed by atoms with Gasteiger partial charge in [0.2, 0.25) is 0 Å². The molecular formula is C11H12N4O2. The predicted molar refractivity (Wildman–Crippen MR) is 61.7 cm³/mol. The van der Waals surface area contributed by atoms with Crippen molar-refractivity contribution in [3.05, 3.63) is 36.2 Å². The molecule has 0 aliphatic heterocycles. The number of carbonyl (C=O) groups is 1. The molecule has 6 nitrogen and oxygen atoms in total. The minimum atomic E-state index is -0.450. The third kappa shape index (κ3) is 2.25. The Hall–Kier alpha value is -2.37. The zero-order valence-corrected chi connectivity index (χ0v) is 9.33. The van der Waals surface area contributed by atoms with E-state index in [1.54, 1.807) is 31.2 Å². The highest BCUT2D eigenvalue weighted by molar-refractivity contribution is 5.87. The van der Waals surface area contributed by atoms with Crippen LogP contribution in [0, 0.1) is 0 Å². The Kier molecular flexibility index (Phi) is 3.04. The van der Waals surface area contributed by atoms with Crippen molar-refractivity contribution in [2.45, 2.75) is 6.92 Å². The average molecular weight is 232 g/mol. The molecule has 0 unspecified atom stereocenters. The number of nitrogen functional groups attached to an aromatic ring is 1. The van der Waals surface area contributed by atoms with E-state index in [9.17, 15) is 4.79 Å². The Morgan fingerprint density at radius 2 is 2.12 bits per heavy atom. The van der Waals surface area contributed by atoms with Crippen LogP contribution in [0.4, 0.5) is 5.69 Å². The highest BCUT2D eigenvalue weighted by Gasteiger charge is 2.15. The summed E-state index contributed by atoms with van der Waals surface area (Å²) in [5.41, 5.74) is 7.23. The van der Waals surface area contributed by atoms with Gasteiger partial charge in [-0.1, -0.05) is 5.21 Å². The zero-order chi connectivity index (χ0) is 12.3. The first-order chi connectivity index (χ1) is 8.22. The zero-order valence-electron chi connectivity index (χ0n) is 9.33. The maximum absolute atomic E-state index is 11.6. The fourth-order valence-corrected chi connectivity index (χ4v) is 1.39. The summed E-state index contributed by atoms with van der Waals surface area (Å²) in [4.78, 5) is 11.6. The highest BCUT2D eigenvalue weighted by atomic mass is 16.5. The molecule has 2 rings (SSSR count). The van der Waals surface area contributed by atoms with E-state index in [2.05, 4.69) is 10.3 Å². The van der Waals surface area contributed by atoms with Crippen LogP contribution in [0.25, 0.3) is 5.69 Å². The fraction of sp³-hybridized carbons (Fsp3) is 0.182. The lowest BCUT2D eigenvalue weighted by molar-refractivity contribution is 0.0516. The molecule has 1 aromatic heterocycles. The number of esters is 1. The number of hydrogen-bond donors (Lipinski definition) is 1. The Balaban J connectivity index is 2.36. The van der Waals surface area contributed by atoms with Gasteiger partial charge in [-0.3, -0.25) is 0 Å². The Labute approximate surface area is 98.0 Å². The summed E-state index contributed by atoms with van der Waals surface area (Å²) in [5.74, 6) is -0.450. The molecule has 0 atom stereocenters. The highest BCUT2D eigenvalue weighted by Crippen LogP contribution is 2.12. The average Bonchev–Trinajstić information content (AvgIpc) is 2.79. The van der Waals surface area contributed by atoms with Crippen LogP contribution in [0.1, 0.15) is 17.4 Å². The van der Waals surface area contributed by atoms with Gasteiger partial charge in [0.05, 0.1) is 18.5 Å². The number of carbonyl (C=O) groups excluding carboxylic acids is 1. The van der Waals surface area contributed by atoms with Crippen molar-refractivity contribution in [2.75, 3.05) is 12.3 Å². The van der Waals surface area contributed by atoms with Crippen molar-refractivity contribution in [3.8, 4) is 5.69 Å². The summed E-state index contributed by atoms with van der Waals surface area (Å²) in [7, 11) is 0. The summed E-state index contributed by atoms with van der Waals surface area (Å²) in [6.07, 6.45) is 1.37. The van der Waals surface area contributed by atoms with Crippen LogP contribution < -0.4 is 5.73 Å². The molecule has 0 saturated carbocycles. The molecular weight excluding hydrogens is 220 g/mol. The van der Waals surface area contributed by atoms with Crippen LogP contribution in [-0.2, 0) is 4.74 Å². The summed E-state index contributed by atoms with van der Waals surface area (Å²) in [5, 5.41) is 7.55. The van der Waals surface area contributed by atoms with Crippen molar-refractivity contribution < 1.29 is 9.53 Å². The monoisotopic (exact) mass is 232 g/mol. The summed E-state index contributed by atoms with van der Waals surface area (Å²) >= 11 is 0. The molecule has 1 heterocycles. The van der Waals surface area contributed by atoms with Gasteiger partial charge in [0.15, 0.2) is 5.69 Å². The minimum absolute atomic E-state index is 0.289. The van der Waals surface area contributed by atoms with E-state index < -0.39 is 5.97 Å². The summed E-state index contributed by atoms with van der Waals surface area (Å²) < 4.78 is 6.32. The molecule has 0 radical (unpaired) electrons. The van der Waals surface area contributed by atoms with E-state index in [0.29, 0.717) is 18.0 Å². The van der Waals surface area contributed by atoms with Crippen LogP contribution in [0.2, 0.25) is 0 Å². The first kappa shape index (κ1) is 11.1. The lowest BCUT2D eigenvalue weighted by Crippen LogP contribution is -2.11. The molecule has 0 aliphatic rings. The number of rotatable bonds is 3. The van der Waals surface area contributed by atoms with Crippen LogP contribution in [-0.4, -0.2) is 27.6 Å². The number of ether oxygens (including phenoxy) is 1. The third-order valence-electron chi connectivity index (χ3n) is 2.17. The molecule has 6 heteroatoms. The summed E-state index contributed by atoms with van der Waals surface area (Å²) in [6, 6.07) is 6.97. The van der Waals surface area contributed by atoms with E-state index in [-0.39, 0.29) is 5.69 Å². The SMILES string of the molecule is CCOC(=O)c1cnnn1-c1ccc(N)cc1. The molecule has 2 aromatic rings. The van der Waals surface area contributed by atoms with Gasteiger partial charge in [0.25, 0.3) is 0 Å². The lowest BCUT2D eigenvalue weighted by Gasteiger charge is -2.05. The van der Waals surface area contributed by atoms with E-state index in [4.69, 9.17) is 10.5 Å². The maximum atomic E-state index is 11.6. The number of anilines is 1. The molecule has 1 aromatic carbocycles. The second-order valence-corrected chi connectivity index (χ2v) is 3.34. The second-order valence-electron chi connectivity index (χ2n) is 3.34. The summed E-state index contributed by atoms with van der Waals surface area (Å²) in [6.45, 7) is 2.06. The van der Waals surface area contributed by atoms with Crippen LogP contribution in [0.5, 0.6) is 0 Å². The van der Waals surface area contributed by atoms with Crippen LogP contribution in [0.3, 0.4) is 0 Å². The number of hydrogen-bond acceptors (Lipinski definition) is 5. The molecule has 0 amide bonds. The van der Waals surface area contributed by atoms with E-state index in [1.807, 2.05) is 0 Å². The number of aromatic nitrogens is 3. The Morgan fingerprint density at radius 3 is 2.76 bits per heavy atom. The molecule has 17 heavy (non-hydrogen) atoms. The van der Waals surface area contributed by atoms with E-state index in [1.165, 1.54) is 10.9 Å². The van der Waals surface area contributed by atoms with Crippen LogP contribution in [0.15, 0.2) is 30.5 Å². The number of nitrogens with two attached hydrogens (primary N) is 1. The van der Waals surface area contributed by atoms with Crippen LogP contribution >= 0.6 is 0 Å². The second kappa shape index (κ2) is 4.65. The molecule has 2 N–H and O–H groups in total. The van der Waals surface area contributed by atoms with Crippen molar-refractivity contribution >= 4 is 11.7 Å². The number of nitrogens with zero attached hydrogens (tertiary/aromatic N) is 3. The number of benzene rings is 1. The molecule has 0 saturated heterocycles. The van der Waals surface area contributed by atoms with Gasteiger partial charge in [0, 0.05) is 5.69 Å². The van der Waals surface area contributed by atoms with E-state index >= 15 is 0 Å². The lowest BCUT2D eigenvalue weighted by atomic mass is 10.3. The van der Waals surface area contributed by atoms with E-state index in [0.717, 1.165) is 0 Å². The first-order valence-electron chi connectivity index (χ1n) is 5.16. The molecule has 88 valence electrons. The minimum Gasteiger partial charge on any atom is -0.461 e. The van der Waals surface area contributed by atoms with Gasteiger partial charge in [-0.05, 0) is 31.2 Å². The standard InChI is InChI=1S/C11H12N4O2/c1-2-17-11(16)10-7-13-14-15(10)9-5-3-8(12)4-6-9/h3-7H,2,12H2,1H3. The van der Waals surface area contributed by atoms with Crippen molar-refractivity contribution in [3.63, 3.8) is 0 Å². The van der Waals surface area contributed by atoms with Crippen molar-refractivity contribution in [2.24, 2.45) is 0 Å². The van der Waals surface area contributed by atoms with Crippen molar-refractivity contribution in [1.82, 2.24) is 15.0 Å². The van der Waals surface area contributed by atoms with Crippen molar-refractivity contribution in [1.29, 1.82) is 0 Å². The quantitative estimate of drug-likeness (QED) is 0.631. The molecule has 0 fully saturated rings. The van der Waals surface area contributed by atoms with Gasteiger partial charge in [-0.15, -0.1) is 5.10 Å². The van der Waals surface area contributed by atoms with Gasteiger partial charge < -0.3 is 10.5 Å². The Bertz CT molecular complexity index is 519. The fourth-order valence-electron chi connectivity index (χ4n) is 1.39. The topological polar surface area (TPSA) is 83.0 Å². The normalized spacial score (nSPS) is 10.2. The smallest absolute Gasteiger partial charge is 0.358 e. The molecule has 0 spiro atoms. The third-order valence-corrected chi connectivity index (χ3v) is 2.17.